The van der Waals surface area contributed by atoms with Crippen molar-refractivity contribution < 1.29 is 14.2 Å². The van der Waals surface area contributed by atoms with Gasteiger partial charge in [0.1, 0.15) is 5.69 Å². The molecule has 1 aromatic carbocycles. The lowest BCUT2D eigenvalue weighted by atomic mass is 10.2. The Balaban J connectivity index is 2.19. The van der Waals surface area contributed by atoms with Crippen LogP contribution in [0.3, 0.4) is 0 Å². The van der Waals surface area contributed by atoms with E-state index in [1.807, 2.05) is 43.3 Å². The number of hydrogen-bond donors (Lipinski definition) is 0. The van der Waals surface area contributed by atoms with Crippen molar-refractivity contribution in [3.05, 3.63) is 53.9 Å². The molecular formula is C15H13N2O2+. The molecule has 0 bridgehead atoms. The van der Waals surface area contributed by atoms with Gasteiger partial charge in [0.2, 0.25) is 0 Å². The first-order valence-electron chi connectivity index (χ1n) is 6.07. The SMILES string of the molecule is CC(=O)c1ccc2n1C(=O)[N+](c1ccccc1)=C2C. The molecule has 19 heavy (non-hydrogen) atoms. The summed E-state index contributed by atoms with van der Waals surface area (Å²) in [6.45, 7) is 3.35. The van der Waals surface area contributed by atoms with Gasteiger partial charge in [-0.05, 0) is 24.3 Å². The molecule has 0 aliphatic carbocycles. The maximum absolute atomic E-state index is 12.5. The van der Waals surface area contributed by atoms with Crippen molar-refractivity contribution in [1.29, 1.82) is 0 Å². The van der Waals surface area contributed by atoms with Gasteiger partial charge in [0.15, 0.2) is 22.9 Å². The molecule has 1 amide bonds. The highest BCUT2D eigenvalue weighted by Gasteiger charge is 2.39. The van der Waals surface area contributed by atoms with E-state index in [4.69, 9.17) is 0 Å². The molecule has 0 N–H and O–H groups in total. The minimum atomic E-state index is -0.200. The molecule has 3 rings (SSSR count). The zero-order valence-corrected chi connectivity index (χ0v) is 10.8. The molecule has 0 saturated heterocycles. The van der Waals surface area contributed by atoms with Crippen LogP contribution in [-0.2, 0) is 0 Å². The van der Waals surface area contributed by atoms with Crippen molar-refractivity contribution in [2.24, 2.45) is 0 Å². The normalized spacial score (nSPS) is 13.9. The minimum absolute atomic E-state index is 0.109. The third-order valence-electron chi connectivity index (χ3n) is 3.34. The number of hydrogen-bond acceptors (Lipinski definition) is 2. The van der Waals surface area contributed by atoms with Gasteiger partial charge < -0.3 is 0 Å². The lowest BCUT2D eigenvalue weighted by Crippen LogP contribution is -2.20. The van der Waals surface area contributed by atoms with E-state index in [0.717, 1.165) is 17.1 Å². The Morgan fingerprint density at radius 3 is 2.42 bits per heavy atom. The number of Topliss-reactive ketones (excluding diaryl/α,β-unsaturated/α-hetero) is 1. The number of rotatable bonds is 2. The second-order valence-electron chi connectivity index (χ2n) is 4.53. The van der Waals surface area contributed by atoms with Crippen molar-refractivity contribution in [3.8, 4) is 0 Å². The number of carbonyl (C=O) groups is 2. The molecule has 1 aliphatic heterocycles. The van der Waals surface area contributed by atoms with Crippen LogP contribution < -0.4 is 0 Å². The van der Waals surface area contributed by atoms with Crippen molar-refractivity contribution in [3.63, 3.8) is 0 Å². The molecule has 1 aliphatic rings. The van der Waals surface area contributed by atoms with E-state index in [-0.39, 0.29) is 11.8 Å². The van der Waals surface area contributed by atoms with Crippen molar-refractivity contribution >= 4 is 23.2 Å². The third-order valence-corrected chi connectivity index (χ3v) is 3.34. The summed E-state index contributed by atoms with van der Waals surface area (Å²) in [6.07, 6.45) is 0. The molecule has 4 heteroatoms. The molecule has 0 unspecified atom stereocenters. The van der Waals surface area contributed by atoms with Crippen molar-refractivity contribution in [2.75, 3.05) is 0 Å². The van der Waals surface area contributed by atoms with Gasteiger partial charge >= 0.3 is 6.03 Å². The van der Waals surface area contributed by atoms with E-state index >= 15 is 0 Å². The van der Waals surface area contributed by atoms with Crippen LogP contribution in [0.2, 0.25) is 0 Å². The molecule has 0 atom stereocenters. The van der Waals surface area contributed by atoms with Gasteiger partial charge in [-0.15, -0.1) is 4.57 Å². The molecule has 0 saturated carbocycles. The van der Waals surface area contributed by atoms with E-state index in [0.29, 0.717) is 5.69 Å². The fourth-order valence-electron chi connectivity index (χ4n) is 2.44. The van der Waals surface area contributed by atoms with Gasteiger partial charge in [0.05, 0.1) is 0 Å². The average Bonchev–Trinajstić information content (AvgIpc) is 2.93. The Hall–Kier alpha value is -2.49. The number of aromatic nitrogens is 1. The predicted molar refractivity (Wildman–Crippen MR) is 71.4 cm³/mol. The quantitative estimate of drug-likeness (QED) is 0.610. The summed E-state index contributed by atoms with van der Waals surface area (Å²) in [5.74, 6) is -0.109. The smallest absolute Gasteiger partial charge is 0.290 e. The number of carbonyl (C=O) groups excluding carboxylic acids is 2. The highest BCUT2D eigenvalue weighted by atomic mass is 16.2. The zero-order chi connectivity index (χ0) is 13.6. The van der Waals surface area contributed by atoms with Crippen molar-refractivity contribution in [2.45, 2.75) is 13.8 Å². The molecule has 2 aromatic rings. The van der Waals surface area contributed by atoms with Crippen LogP contribution in [0.5, 0.6) is 0 Å². The maximum atomic E-state index is 12.5. The van der Waals surface area contributed by atoms with Crippen LogP contribution in [0, 0.1) is 0 Å². The standard InChI is InChI=1S/C15H13N2O2/c1-10-13-8-9-14(11(2)18)17(13)15(19)16(10)12-6-4-3-5-7-12/h3-9H,1-2H3/q+1. The fraction of sp³-hybridized carbons (Fsp3) is 0.133. The largest absolute Gasteiger partial charge is 0.509 e. The van der Waals surface area contributed by atoms with Gasteiger partial charge in [-0.3, -0.25) is 4.79 Å². The Labute approximate surface area is 110 Å². The zero-order valence-electron chi connectivity index (χ0n) is 10.8. The van der Waals surface area contributed by atoms with Crippen LogP contribution in [0.4, 0.5) is 10.5 Å². The van der Waals surface area contributed by atoms with Crippen LogP contribution in [0.15, 0.2) is 42.5 Å². The fourth-order valence-corrected chi connectivity index (χ4v) is 2.44. The Morgan fingerprint density at radius 2 is 1.79 bits per heavy atom. The summed E-state index contributed by atoms with van der Waals surface area (Å²) in [6, 6.07) is 12.7. The second kappa shape index (κ2) is 4.02. The van der Waals surface area contributed by atoms with Gasteiger partial charge in [0.25, 0.3) is 0 Å². The van der Waals surface area contributed by atoms with Crippen LogP contribution in [-0.4, -0.2) is 26.7 Å². The molecule has 0 fully saturated rings. The molecule has 94 valence electrons. The number of fused-ring (bicyclic) bond motifs is 1. The van der Waals surface area contributed by atoms with Gasteiger partial charge in [-0.1, -0.05) is 18.2 Å². The monoisotopic (exact) mass is 253 g/mol. The minimum Gasteiger partial charge on any atom is -0.290 e. The summed E-state index contributed by atoms with van der Waals surface area (Å²) in [7, 11) is 0. The first-order chi connectivity index (χ1) is 9.11. The summed E-state index contributed by atoms with van der Waals surface area (Å²) < 4.78 is 3.10. The van der Waals surface area contributed by atoms with E-state index in [9.17, 15) is 9.59 Å². The lowest BCUT2D eigenvalue weighted by Gasteiger charge is -1.99. The van der Waals surface area contributed by atoms with Crippen LogP contribution in [0.1, 0.15) is 30.0 Å². The molecule has 4 nitrogen and oxygen atoms in total. The first kappa shape index (κ1) is 11.6. The number of amides is 1. The summed E-state index contributed by atoms with van der Waals surface area (Å²) in [5.41, 5.74) is 2.85. The van der Waals surface area contributed by atoms with E-state index in [1.54, 1.807) is 10.6 Å². The maximum Gasteiger partial charge on any atom is 0.509 e. The van der Waals surface area contributed by atoms with E-state index < -0.39 is 0 Å². The Kier molecular flexibility index (Phi) is 2.45. The van der Waals surface area contributed by atoms with Gasteiger partial charge in [0, 0.05) is 13.8 Å². The average molecular weight is 253 g/mol. The van der Waals surface area contributed by atoms with Crippen LogP contribution in [0.25, 0.3) is 0 Å². The third kappa shape index (κ3) is 1.57. The van der Waals surface area contributed by atoms with Gasteiger partial charge in [-0.2, -0.15) is 9.37 Å². The van der Waals surface area contributed by atoms with Gasteiger partial charge in [-0.25, -0.2) is 0 Å². The molecule has 0 radical (unpaired) electrons. The summed E-state index contributed by atoms with van der Waals surface area (Å²) >= 11 is 0. The number of ketones is 1. The topological polar surface area (TPSA) is 42.1 Å². The van der Waals surface area contributed by atoms with Crippen LogP contribution >= 0.6 is 0 Å². The van der Waals surface area contributed by atoms with E-state index in [1.165, 1.54) is 11.5 Å². The van der Waals surface area contributed by atoms with E-state index in [2.05, 4.69) is 0 Å². The molecule has 1 aromatic heterocycles. The Morgan fingerprint density at radius 1 is 1.11 bits per heavy atom. The predicted octanol–water partition coefficient (Wildman–Crippen LogP) is 2.83. The molecular weight excluding hydrogens is 240 g/mol. The molecule has 0 spiro atoms. The summed E-state index contributed by atoms with van der Waals surface area (Å²) in [5, 5.41) is 0. The number of nitrogens with zero attached hydrogens (tertiary/aromatic N) is 2. The summed E-state index contributed by atoms with van der Waals surface area (Å²) in [4.78, 5) is 24.1. The lowest BCUT2D eigenvalue weighted by molar-refractivity contribution is -0.327. The Bertz CT molecular complexity index is 724. The second-order valence-corrected chi connectivity index (χ2v) is 4.53. The first-order valence-corrected chi connectivity index (χ1v) is 6.07. The van der Waals surface area contributed by atoms with Crippen molar-refractivity contribution in [1.82, 2.24) is 4.57 Å². The highest BCUT2D eigenvalue weighted by molar-refractivity contribution is 6.08. The molecule has 2 heterocycles. The number of para-hydroxylation sites is 1. The number of benzene rings is 1. The highest BCUT2D eigenvalue weighted by Crippen LogP contribution is 2.23.